The van der Waals surface area contributed by atoms with Crippen LogP contribution in [0.15, 0.2) is 29.2 Å². The molecule has 0 aromatic heterocycles. The second-order valence-corrected chi connectivity index (χ2v) is 7.59. The summed E-state index contributed by atoms with van der Waals surface area (Å²) in [6, 6.07) is 7.01. The van der Waals surface area contributed by atoms with E-state index in [-0.39, 0.29) is 12.6 Å². The highest BCUT2D eigenvalue weighted by Crippen LogP contribution is 2.21. The van der Waals surface area contributed by atoms with E-state index in [1.807, 2.05) is 26.1 Å². The zero-order valence-electron chi connectivity index (χ0n) is 12.7. The second kappa shape index (κ2) is 6.87. The van der Waals surface area contributed by atoms with Gasteiger partial charge in [-0.25, -0.2) is 8.42 Å². The number of piperazine rings is 1. The van der Waals surface area contributed by atoms with E-state index in [9.17, 15) is 8.42 Å². The van der Waals surface area contributed by atoms with Crippen molar-refractivity contribution in [2.24, 2.45) is 0 Å². The van der Waals surface area contributed by atoms with E-state index in [1.165, 1.54) is 0 Å². The molecule has 0 radical (unpaired) electrons. The fraction of sp³-hybridized carbons (Fsp3) is 0.600. The van der Waals surface area contributed by atoms with E-state index in [0.717, 1.165) is 25.1 Å². The number of nitrogens with zero attached hydrogens (tertiary/aromatic N) is 2. The lowest BCUT2D eigenvalue weighted by molar-refractivity contribution is 0.170. The quantitative estimate of drug-likeness (QED) is 0.879. The van der Waals surface area contributed by atoms with Crippen LogP contribution in [0.5, 0.6) is 0 Å². The zero-order valence-corrected chi connectivity index (χ0v) is 13.5. The van der Waals surface area contributed by atoms with Crippen LogP contribution in [0.1, 0.15) is 18.9 Å². The molecule has 21 heavy (non-hydrogen) atoms. The van der Waals surface area contributed by atoms with Crippen LogP contribution in [0.25, 0.3) is 0 Å². The van der Waals surface area contributed by atoms with E-state index in [4.69, 9.17) is 5.11 Å². The molecule has 118 valence electrons. The maximum absolute atomic E-state index is 12.7. The van der Waals surface area contributed by atoms with Crippen LogP contribution in [0.4, 0.5) is 0 Å². The molecule has 0 saturated carbocycles. The van der Waals surface area contributed by atoms with Gasteiger partial charge in [0, 0.05) is 32.3 Å². The van der Waals surface area contributed by atoms with Crippen LogP contribution in [0.3, 0.4) is 0 Å². The summed E-state index contributed by atoms with van der Waals surface area (Å²) < 4.78 is 27.0. The van der Waals surface area contributed by atoms with E-state index >= 15 is 0 Å². The smallest absolute Gasteiger partial charge is 0.243 e. The van der Waals surface area contributed by atoms with Gasteiger partial charge in [-0.1, -0.05) is 12.1 Å². The molecule has 6 heteroatoms. The molecule has 0 aliphatic carbocycles. The second-order valence-electron chi connectivity index (χ2n) is 5.70. The first-order valence-corrected chi connectivity index (χ1v) is 8.79. The lowest BCUT2D eigenvalue weighted by Gasteiger charge is -2.37. The van der Waals surface area contributed by atoms with Crippen LogP contribution in [-0.4, -0.2) is 62.1 Å². The van der Waals surface area contributed by atoms with Crippen molar-refractivity contribution in [2.45, 2.75) is 30.7 Å². The van der Waals surface area contributed by atoms with Crippen molar-refractivity contribution in [3.05, 3.63) is 29.8 Å². The molecule has 1 N–H and O–H groups in total. The molecular formula is C15H24N2O3S. The van der Waals surface area contributed by atoms with Crippen LogP contribution >= 0.6 is 0 Å². The molecular weight excluding hydrogens is 288 g/mol. The summed E-state index contributed by atoms with van der Waals surface area (Å²) in [4.78, 5) is 2.50. The number of hydrogen-bond acceptors (Lipinski definition) is 4. The van der Waals surface area contributed by atoms with Gasteiger partial charge in [-0.05, 0) is 44.5 Å². The maximum Gasteiger partial charge on any atom is 0.243 e. The Morgan fingerprint density at radius 1 is 1.24 bits per heavy atom. The third kappa shape index (κ3) is 3.83. The Morgan fingerprint density at radius 2 is 1.90 bits per heavy atom. The summed E-state index contributed by atoms with van der Waals surface area (Å²) in [6.45, 7) is 4.15. The monoisotopic (exact) mass is 312 g/mol. The fourth-order valence-corrected chi connectivity index (χ4v) is 4.34. The van der Waals surface area contributed by atoms with Crippen molar-refractivity contribution in [3.8, 4) is 0 Å². The number of likely N-dealkylation sites (N-methyl/N-ethyl adjacent to an activating group) is 1. The lowest BCUT2D eigenvalue weighted by atomic mass is 10.1. The molecule has 1 aliphatic rings. The number of aryl methyl sites for hydroxylation is 1. The van der Waals surface area contributed by atoms with Gasteiger partial charge in [-0.15, -0.1) is 0 Å². The Hall–Kier alpha value is -0.950. The van der Waals surface area contributed by atoms with Crippen LogP contribution in [0.2, 0.25) is 0 Å². The fourth-order valence-electron chi connectivity index (χ4n) is 2.73. The van der Waals surface area contributed by atoms with Crippen molar-refractivity contribution >= 4 is 10.0 Å². The molecule has 0 amide bonds. The van der Waals surface area contributed by atoms with Crippen LogP contribution in [-0.2, 0) is 16.4 Å². The molecule has 5 nitrogen and oxygen atoms in total. The number of hydrogen-bond donors (Lipinski definition) is 1. The third-order valence-corrected chi connectivity index (χ3v) is 5.95. The van der Waals surface area contributed by atoms with E-state index in [1.54, 1.807) is 16.4 Å². The Bertz CT molecular complexity index is 557. The minimum atomic E-state index is -3.41. The Morgan fingerprint density at radius 3 is 2.48 bits per heavy atom. The SMILES string of the molecule is CC1CN(C)CCN1S(=O)(=O)c1ccc(CCCO)cc1. The minimum Gasteiger partial charge on any atom is -0.396 e. The normalized spacial score (nSPS) is 21.6. The Kier molecular flexibility index (Phi) is 5.37. The molecule has 1 fully saturated rings. The molecule has 2 rings (SSSR count). The number of aliphatic hydroxyl groups excluding tert-OH is 1. The first-order valence-electron chi connectivity index (χ1n) is 7.35. The largest absolute Gasteiger partial charge is 0.396 e. The lowest BCUT2D eigenvalue weighted by Crippen LogP contribution is -2.52. The predicted molar refractivity (Wildman–Crippen MR) is 82.7 cm³/mol. The van der Waals surface area contributed by atoms with Crippen molar-refractivity contribution in [2.75, 3.05) is 33.3 Å². The molecule has 1 heterocycles. The first-order chi connectivity index (χ1) is 9.95. The first kappa shape index (κ1) is 16.4. The molecule has 1 aliphatic heterocycles. The summed E-state index contributed by atoms with van der Waals surface area (Å²) in [5.41, 5.74) is 1.05. The van der Waals surface area contributed by atoms with Crippen LogP contribution < -0.4 is 0 Å². The Labute approximate surface area is 127 Å². The van der Waals surface area contributed by atoms with Gasteiger partial charge in [0.1, 0.15) is 0 Å². The minimum absolute atomic E-state index is 0.0113. The third-order valence-electron chi connectivity index (χ3n) is 3.92. The Balaban J connectivity index is 2.15. The topological polar surface area (TPSA) is 60.9 Å². The number of sulfonamides is 1. The van der Waals surface area contributed by atoms with Crippen molar-refractivity contribution in [1.82, 2.24) is 9.21 Å². The highest BCUT2D eigenvalue weighted by molar-refractivity contribution is 7.89. The van der Waals surface area contributed by atoms with Gasteiger partial charge in [0.05, 0.1) is 4.90 Å². The van der Waals surface area contributed by atoms with Gasteiger partial charge in [-0.2, -0.15) is 4.31 Å². The number of rotatable bonds is 5. The van der Waals surface area contributed by atoms with Crippen molar-refractivity contribution in [1.29, 1.82) is 0 Å². The van der Waals surface area contributed by atoms with Gasteiger partial charge in [-0.3, -0.25) is 0 Å². The van der Waals surface area contributed by atoms with Crippen molar-refractivity contribution in [3.63, 3.8) is 0 Å². The molecule has 1 aromatic carbocycles. The molecule has 1 saturated heterocycles. The average molecular weight is 312 g/mol. The summed E-state index contributed by atoms with van der Waals surface area (Å²) in [5, 5.41) is 8.83. The molecule has 1 aromatic rings. The standard InChI is InChI=1S/C15H24N2O3S/c1-13-12-16(2)9-10-17(13)21(19,20)15-7-5-14(6-8-15)4-3-11-18/h5-8,13,18H,3-4,9-12H2,1-2H3. The average Bonchev–Trinajstić information content (AvgIpc) is 2.45. The summed E-state index contributed by atoms with van der Waals surface area (Å²) in [7, 11) is -1.40. The summed E-state index contributed by atoms with van der Waals surface area (Å²) >= 11 is 0. The van der Waals surface area contributed by atoms with Gasteiger partial charge >= 0.3 is 0 Å². The van der Waals surface area contributed by atoms with E-state index < -0.39 is 10.0 Å². The van der Waals surface area contributed by atoms with E-state index in [2.05, 4.69) is 4.90 Å². The number of benzene rings is 1. The maximum atomic E-state index is 12.7. The highest BCUT2D eigenvalue weighted by Gasteiger charge is 2.32. The van der Waals surface area contributed by atoms with Crippen molar-refractivity contribution < 1.29 is 13.5 Å². The van der Waals surface area contributed by atoms with Gasteiger partial charge < -0.3 is 10.0 Å². The van der Waals surface area contributed by atoms with Gasteiger partial charge in [0.25, 0.3) is 0 Å². The summed E-state index contributed by atoms with van der Waals surface area (Å²) in [6.07, 6.45) is 1.46. The molecule has 0 bridgehead atoms. The zero-order chi connectivity index (χ0) is 15.5. The van der Waals surface area contributed by atoms with Gasteiger partial charge in [0.2, 0.25) is 10.0 Å². The molecule has 1 atom stereocenters. The van der Waals surface area contributed by atoms with Gasteiger partial charge in [0.15, 0.2) is 0 Å². The molecule has 1 unspecified atom stereocenters. The van der Waals surface area contributed by atoms with Crippen LogP contribution in [0, 0.1) is 0 Å². The summed E-state index contributed by atoms with van der Waals surface area (Å²) in [5.74, 6) is 0. The van der Waals surface area contributed by atoms with E-state index in [0.29, 0.717) is 17.9 Å². The highest BCUT2D eigenvalue weighted by atomic mass is 32.2. The predicted octanol–water partition coefficient (Wildman–Crippen LogP) is 0.936. The number of aliphatic hydroxyl groups is 1. The molecule has 0 spiro atoms.